The minimum absolute atomic E-state index is 0.0355. The van der Waals surface area contributed by atoms with E-state index in [0.29, 0.717) is 5.56 Å². The number of hydrogen-bond donors (Lipinski definition) is 0. The lowest BCUT2D eigenvalue weighted by Crippen LogP contribution is -2.13. The van der Waals surface area contributed by atoms with Crippen molar-refractivity contribution in [2.75, 3.05) is 20.6 Å². The molecule has 0 bridgehead atoms. The molecule has 0 saturated heterocycles. The van der Waals surface area contributed by atoms with Gasteiger partial charge in [-0.2, -0.15) is 0 Å². The van der Waals surface area contributed by atoms with Crippen LogP contribution in [0.5, 0.6) is 0 Å². The molecule has 5 heteroatoms. The number of rotatable bonds is 8. The van der Waals surface area contributed by atoms with Crippen LogP contribution < -0.4 is 0 Å². The van der Waals surface area contributed by atoms with E-state index in [-0.39, 0.29) is 11.5 Å². The number of non-ortho nitro benzene ring substituents is 1. The summed E-state index contributed by atoms with van der Waals surface area (Å²) in [5, 5.41) is 10.6. The van der Waals surface area contributed by atoms with Crippen molar-refractivity contribution in [2.45, 2.75) is 12.8 Å². The predicted molar refractivity (Wildman–Crippen MR) is 99.8 cm³/mol. The maximum atomic E-state index is 12.2. The van der Waals surface area contributed by atoms with Crippen LogP contribution in [-0.2, 0) is 6.42 Å². The van der Waals surface area contributed by atoms with Crippen LogP contribution in [-0.4, -0.2) is 36.2 Å². The van der Waals surface area contributed by atoms with Crippen molar-refractivity contribution in [3.63, 3.8) is 0 Å². The summed E-state index contributed by atoms with van der Waals surface area (Å²) >= 11 is 0. The van der Waals surface area contributed by atoms with Crippen LogP contribution in [0.15, 0.2) is 54.6 Å². The largest absolute Gasteiger partial charge is 0.309 e. The number of allylic oxidation sites excluding steroid dienone is 1. The van der Waals surface area contributed by atoms with Gasteiger partial charge in [-0.3, -0.25) is 14.9 Å². The first-order valence-electron chi connectivity index (χ1n) is 8.16. The summed E-state index contributed by atoms with van der Waals surface area (Å²) in [5.41, 5.74) is 2.64. The van der Waals surface area contributed by atoms with E-state index in [2.05, 4.69) is 19.0 Å². The third-order valence-electron chi connectivity index (χ3n) is 3.84. The van der Waals surface area contributed by atoms with Gasteiger partial charge in [-0.1, -0.05) is 30.3 Å². The van der Waals surface area contributed by atoms with Crippen molar-refractivity contribution in [1.29, 1.82) is 0 Å². The third kappa shape index (κ3) is 5.97. The molecule has 2 aromatic carbocycles. The molecule has 2 aromatic rings. The van der Waals surface area contributed by atoms with E-state index in [0.717, 1.165) is 24.9 Å². The highest BCUT2D eigenvalue weighted by Gasteiger charge is 2.04. The number of nitrogens with zero attached hydrogens (tertiary/aromatic N) is 2. The number of aryl methyl sites for hydroxylation is 1. The van der Waals surface area contributed by atoms with Crippen LogP contribution in [0.2, 0.25) is 0 Å². The average Bonchev–Trinajstić information content (AvgIpc) is 2.60. The van der Waals surface area contributed by atoms with Gasteiger partial charge in [0.1, 0.15) is 0 Å². The van der Waals surface area contributed by atoms with Gasteiger partial charge in [0.2, 0.25) is 0 Å². The Morgan fingerprint density at radius 3 is 2.28 bits per heavy atom. The fourth-order valence-corrected chi connectivity index (χ4v) is 2.41. The summed E-state index contributed by atoms with van der Waals surface area (Å²) in [6, 6.07) is 13.7. The Morgan fingerprint density at radius 2 is 1.72 bits per heavy atom. The van der Waals surface area contributed by atoms with E-state index in [1.807, 2.05) is 24.3 Å². The van der Waals surface area contributed by atoms with Gasteiger partial charge in [0.05, 0.1) is 4.92 Å². The maximum Gasteiger partial charge on any atom is 0.269 e. The van der Waals surface area contributed by atoms with Gasteiger partial charge in [0.25, 0.3) is 5.69 Å². The van der Waals surface area contributed by atoms with Gasteiger partial charge in [0, 0.05) is 17.7 Å². The summed E-state index contributed by atoms with van der Waals surface area (Å²) in [6.07, 6.45) is 5.23. The normalized spacial score (nSPS) is 11.2. The SMILES string of the molecule is CN(C)CCCc1ccc(C(=O)/C=C/c2ccc([N+](=O)[O-])cc2)cc1. The number of nitro groups is 1. The Bertz CT molecular complexity index is 748. The number of nitro benzene ring substituents is 1. The fraction of sp³-hybridized carbons (Fsp3) is 0.250. The average molecular weight is 338 g/mol. The van der Waals surface area contributed by atoms with E-state index in [1.165, 1.54) is 23.8 Å². The van der Waals surface area contributed by atoms with Gasteiger partial charge < -0.3 is 4.90 Å². The molecule has 0 aromatic heterocycles. The lowest BCUT2D eigenvalue weighted by atomic mass is 10.0. The van der Waals surface area contributed by atoms with Gasteiger partial charge in [-0.05, 0) is 62.8 Å². The highest BCUT2D eigenvalue weighted by molar-refractivity contribution is 6.06. The molecule has 2 rings (SSSR count). The van der Waals surface area contributed by atoms with Crippen molar-refractivity contribution < 1.29 is 9.72 Å². The van der Waals surface area contributed by atoms with Gasteiger partial charge >= 0.3 is 0 Å². The number of hydrogen-bond acceptors (Lipinski definition) is 4. The third-order valence-corrected chi connectivity index (χ3v) is 3.84. The number of carbonyl (C=O) groups is 1. The van der Waals surface area contributed by atoms with Crippen LogP contribution >= 0.6 is 0 Å². The molecule has 0 N–H and O–H groups in total. The molecular formula is C20H22N2O3. The van der Waals surface area contributed by atoms with Crippen LogP contribution in [0.1, 0.15) is 27.9 Å². The van der Waals surface area contributed by atoms with E-state index in [9.17, 15) is 14.9 Å². The number of carbonyl (C=O) groups excluding carboxylic acids is 1. The molecule has 0 heterocycles. The molecule has 5 nitrogen and oxygen atoms in total. The highest BCUT2D eigenvalue weighted by Crippen LogP contribution is 2.14. The van der Waals surface area contributed by atoms with Crippen molar-refractivity contribution in [3.05, 3.63) is 81.4 Å². The van der Waals surface area contributed by atoms with Crippen molar-refractivity contribution in [1.82, 2.24) is 4.90 Å². The molecule has 0 aliphatic heterocycles. The topological polar surface area (TPSA) is 63.5 Å². The molecule has 0 atom stereocenters. The Balaban J connectivity index is 1.94. The summed E-state index contributed by atoms with van der Waals surface area (Å²) in [6.45, 7) is 1.04. The lowest BCUT2D eigenvalue weighted by molar-refractivity contribution is -0.384. The van der Waals surface area contributed by atoms with Gasteiger partial charge in [-0.25, -0.2) is 0 Å². The minimum atomic E-state index is -0.446. The van der Waals surface area contributed by atoms with Gasteiger partial charge in [-0.15, -0.1) is 0 Å². The standard InChI is InChI=1S/C20H22N2O3/c1-21(2)15-3-4-16-5-10-18(11-6-16)20(23)14-9-17-7-12-19(13-8-17)22(24)25/h5-14H,3-4,15H2,1-2H3/b14-9+. The number of benzene rings is 2. The smallest absolute Gasteiger partial charge is 0.269 e. The Morgan fingerprint density at radius 1 is 1.08 bits per heavy atom. The molecule has 0 fully saturated rings. The van der Waals surface area contributed by atoms with E-state index in [4.69, 9.17) is 0 Å². The first-order chi connectivity index (χ1) is 12.0. The Labute approximate surface area is 147 Å². The molecule has 0 amide bonds. The molecule has 0 radical (unpaired) electrons. The zero-order chi connectivity index (χ0) is 18.2. The monoisotopic (exact) mass is 338 g/mol. The first kappa shape index (κ1) is 18.5. The van der Waals surface area contributed by atoms with Crippen molar-refractivity contribution in [2.24, 2.45) is 0 Å². The highest BCUT2D eigenvalue weighted by atomic mass is 16.6. The van der Waals surface area contributed by atoms with E-state index < -0.39 is 4.92 Å². The second-order valence-corrected chi connectivity index (χ2v) is 6.15. The summed E-state index contributed by atoms with van der Waals surface area (Å²) in [4.78, 5) is 24.5. The molecular weight excluding hydrogens is 316 g/mol. The predicted octanol–water partition coefficient (Wildman–Crippen LogP) is 3.99. The Kier molecular flexibility index (Phi) is 6.60. The summed E-state index contributed by atoms with van der Waals surface area (Å²) in [7, 11) is 4.11. The first-order valence-corrected chi connectivity index (χ1v) is 8.16. The van der Waals surface area contributed by atoms with Crippen LogP contribution in [0, 0.1) is 10.1 Å². The second kappa shape index (κ2) is 8.89. The fourth-order valence-electron chi connectivity index (χ4n) is 2.41. The van der Waals surface area contributed by atoms with Crippen LogP contribution in [0.25, 0.3) is 6.08 Å². The Hall–Kier alpha value is -2.79. The van der Waals surface area contributed by atoms with Crippen LogP contribution in [0.4, 0.5) is 5.69 Å². The van der Waals surface area contributed by atoms with Gasteiger partial charge in [0.15, 0.2) is 5.78 Å². The quantitative estimate of drug-likeness (QED) is 0.316. The number of ketones is 1. The zero-order valence-electron chi connectivity index (χ0n) is 14.5. The molecule has 0 unspecified atom stereocenters. The van der Waals surface area contributed by atoms with Crippen LogP contribution in [0.3, 0.4) is 0 Å². The summed E-state index contributed by atoms with van der Waals surface area (Å²) < 4.78 is 0. The summed E-state index contributed by atoms with van der Waals surface area (Å²) in [5.74, 6) is -0.0850. The molecule has 0 saturated carbocycles. The van der Waals surface area contributed by atoms with Crippen molar-refractivity contribution >= 4 is 17.5 Å². The van der Waals surface area contributed by atoms with E-state index in [1.54, 1.807) is 18.2 Å². The lowest BCUT2D eigenvalue weighted by Gasteiger charge is -2.08. The molecule has 0 aliphatic carbocycles. The molecule has 25 heavy (non-hydrogen) atoms. The van der Waals surface area contributed by atoms with Crippen molar-refractivity contribution in [3.8, 4) is 0 Å². The minimum Gasteiger partial charge on any atom is -0.309 e. The molecule has 130 valence electrons. The maximum absolute atomic E-state index is 12.2. The zero-order valence-corrected chi connectivity index (χ0v) is 14.5. The molecule has 0 aliphatic rings. The van der Waals surface area contributed by atoms with E-state index >= 15 is 0 Å². The second-order valence-electron chi connectivity index (χ2n) is 6.15. The molecule has 0 spiro atoms.